The molecule has 1 aliphatic carbocycles. The number of hydrogen-bond donors (Lipinski definition) is 1. The zero-order valence-electron chi connectivity index (χ0n) is 14.5. The summed E-state index contributed by atoms with van der Waals surface area (Å²) in [7, 11) is 0. The smallest absolute Gasteiger partial charge is 0.0717 e. The lowest BCUT2D eigenvalue weighted by Gasteiger charge is -2.25. The van der Waals surface area contributed by atoms with Gasteiger partial charge in [-0.05, 0) is 38.3 Å². The molecule has 0 fully saturated rings. The SMILES string of the molecule is CC#C/C=C(\C=C/CCc1ccccc1)NC1(C)C=CC=CC=C1. The van der Waals surface area contributed by atoms with Gasteiger partial charge in [-0.1, -0.05) is 78.8 Å². The molecule has 0 radical (unpaired) electrons. The lowest BCUT2D eigenvalue weighted by Crippen LogP contribution is -2.37. The minimum atomic E-state index is -0.214. The molecule has 0 saturated heterocycles. The van der Waals surface area contributed by atoms with E-state index in [0.717, 1.165) is 18.5 Å². The first kappa shape index (κ1) is 17.6. The van der Waals surface area contributed by atoms with E-state index < -0.39 is 0 Å². The molecule has 1 N–H and O–H groups in total. The van der Waals surface area contributed by atoms with Crippen LogP contribution < -0.4 is 5.32 Å². The summed E-state index contributed by atoms with van der Waals surface area (Å²) in [6.07, 6.45) is 20.8. The predicted molar refractivity (Wildman–Crippen MR) is 104 cm³/mol. The maximum atomic E-state index is 3.56. The summed E-state index contributed by atoms with van der Waals surface area (Å²) in [5.74, 6) is 5.97. The third-order valence-corrected chi connectivity index (χ3v) is 3.74. The Hall–Kier alpha value is -2.72. The van der Waals surface area contributed by atoms with Crippen molar-refractivity contribution < 1.29 is 0 Å². The lowest BCUT2D eigenvalue weighted by atomic mass is 10.0. The van der Waals surface area contributed by atoms with E-state index in [4.69, 9.17) is 0 Å². The average molecular weight is 315 g/mol. The summed E-state index contributed by atoms with van der Waals surface area (Å²) in [6, 6.07) is 10.6. The van der Waals surface area contributed by atoms with Crippen molar-refractivity contribution in [3.05, 3.63) is 96.3 Å². The fraction of sp³-hybridized carbons (Fsp3) is 0.217. The van der Waals surface area contributed by atoms with Crippen LogP contribution in [-0.4, -0.2) is 5.54 Å². The van der Waals surface area contributed by atoms with Gasteiger partial charge in [-0.3, -0.25) is 0 Å². The third-order valence-electron chi connectivity index (χ3n) is 3.74. The maximum absolute atomic E-state index is 3.56. The summed E-state index contributed by atoms with van der Waals surface area (Å²) in [5, 5.41) is 3.56. The molecule has 0 amide bonds. The highest BCUT2D eigenvalue weighted by molar-refractivity contribution is 5.34. The molecule has 1 aromatic carbocycles. The zero-order valence-corrected chi connectivity index (χ0v) is 14.5. The summed E-state index contributed by atoms with van der Waals surface area (Å²) in [4.78, 5) is 0. The van der Waals surface area contributed by atoms with Crippen molar-refractivity contribution in [2.75, 3.05) is 0 Å². The predicted octanol–water partition coefficient (Wildman–Crippen LogP) is 5.11. The molecule has 0 aromatic heterocycles. The first-order valence-electron chi connectivity index (χ1n) is 8.37. The van der Waals surface area contributed by atoms with Crippen LogP contribution in [0.5, 0.6) is 0 Å². The van der Waals surface area contributed by atoms with Crippen molar-refractivity contribution >= 4 is 0 Å². The second-order valence-corrected chi connectivity index (χ2v) is 5.93. The van der Waals surface area contributed by atoms with Gasteiger partial charge in [0.05, 0.1) is 5.54 Å². The first-order valence-corrected chi connectivity index (χ1v) is 8.37. The van der Waals surface area contributed by atoms with Gasteiger partial charge in [-0.2, -0.15) is 0 Å². The van der Waals surface area contributed by atoms with Gasteiger partial charge >= 0.3 is 0 Å². The molecule has 0 heterocycles. The minimum absolute atomic E-state index is 0.214. The lowest BCUT2D eigenvalue weighted by molar-refractivity contribution is 0.601. The number of aryl methyl sites for hydroxylation is 1. The summed E-state index contributed by atoms with van der Waals surface area (Å²) in [5.41, 5.74) is 2.17. The quantitative estimate of drug-likeness (QED) is 0.568. The van der Waals surface area contributed by atoms with Gasteiger partial charge < -0.3 is 5.32 Å². The van der Waals surface area contributed by atoms with Gasteiger partial charge in [0.1, 0.15) is 0 Å². The van der Waals surface area contributed by atoms with Crippen LogP contribution in [0, 0.1) is 11.8 Å². The highest BCUT2D eigenvalue weighted by Crippen LogP contribution is 2.14. The molecule has 0 unspecified atom stereocenters. The topological polar surface area (TPSA) is 12.0 Å². The van der Waals surface area contributed by atoms with Gasteiger partial charge in [0, 0.05) is 11.8 Å². The monoisotopic (exact) mass is 315 g/mol. The average Bonchev–Trinajstić information content (AvgIpc) is 2.82. The molecule has 0 aliphatic heterocycles. The third kappa shape index (κ3) is 6.18. The number of nitrogens with one attached hydrogen (secondary N) is 1. The van der Waals surface area contributed by atoms with E-state index in [1.165, 1.54) is 5.56 Å². The second kappa shape index (κ2) is 9.43. The Morgan fingerprint density at radius 3 is 2.46 bits per heavy atom. The van der Waals surface area contributed by atoms with E-state index in [0.29, 0.717) is 0 Å². The van der Waals surface area contributed by atoms with Crippen LogP contribution in [0.25, 0.3) is 0 Å². The van der Waals surface area contributed by atoms with Crippen molar-refractivity contribution in [2.24, 2.45) is 0 Å². The largest absolute Gasteiger partial charge is 0.372 e. The van der Waals surface area contributed by atoms with E-state index in [2.05, 4.69) is 90.9 Å². The molecular weight excluding hydrogens is 290 g/mol. The highest BCUT2D eigenvalue weighted by Gasteiger charge is 2.16. The molecule has 1 aliphatic rings. The van der Waals surface area contributed by atoms with Gasteiger partial charge in [-0.25, -0.2) is 0 Å². The van der Waals surface area contributed by atoms with Crippen LogP contribution in [0.15, 0.2) is 90.7 Å². The van der Waals surface area contributed by atoms with Crippen molar-refractivity contribution in [3.8, 4) is 11.8 Å². The minimum Gasteiger partial charge on any atom is -0.372 e. The molecule has 1 nitrogen and oxygen atoms in total. The molecule has 122 valence electrons. The molecule has 0 spiro atoms. The van der Waals surface area contributed by atoms with Gasteiger partial charge in [-0.15, -0.1) is 5.92 Å². The number of allylic oxidation sites excluding steroid dienone is 7. The first-order chi connectivity index (χ1) is 11.7. The molecule has 0 atom stereocenters. The molecule has 0 bridgehead atoms. The fourth-order valence-electron chi connectivity index (χ4n) is 2.47. The normalized spacial score (nSPS) is 15.8. The molecule has 1 aromatic rings. The van der Waals surface area contributed by atoms with Crippen LogP contribution in [-0.2, 0) is 6.42 Å². The van der Waals surface area contributed by atoms with Crippen LogP contribution in [0.1, 0.15) is 25.8 Å². The van der Waals surface area contributed by atoms with Crippen molar-refractivity contribution in [1.29, 1.82) is 0 Å². The van der Waals surface area contributed by atoms with Crippen molar-refractivity contribution in [2.45, 2.75) is 32.2 Å². The number of rotatable bonds is 6. The van der Waals surface area contributed by atoms with E-state index in [-0.39, 0.29) is 5.54 Å². The van der Waals surface area contributed by atoms with E-state index in [1.807, 2.05) is 25.2 Å². The van der Waals surface area contributed by atoms with E-state index in [1.54, 1.807) is 0 Å². The van der Waals surface area contributed by atoms with Crippen LogP contribution >= 0.6 is 0 Å². The molecule has 0 saturated carbocycles. The van der Waals surface area contributed by atoms with Crippen molar-refractivity contribution in [1.82, 2.24) is 5.32 Å². The highest BCUT2D eigenvalue weighted by atomic mass is 15.0. The Morgan fingerprint density at radius 1 is 1.08 bits per heavy atom. The maximum Gasteiger partial charge on any atom is 0.0717 e. The summed E-state index contributed by atoms with van der Waals surface area (Å²) < 4.78 is 0. The molecule has 1 heteroatoms. The molecule has 2 rings (SSSR count). The van der Waals surface area contributed by atoms with Crippen molar-refractivity contribution in [3.63, 3.8) is 0 Å². The molecular formula is C23H25N. The van der Waals surface area contributed by atoms with E-state index in [9.17, 15) is 0 Å². The number of benzene rings is 1. The number of hydrogen-bond acceptors (Lipinski definition) is 1. The second-order valence-electron chi connectivity index (χ2n) is 5.93. The van der Waals surface area contributed by atoms with Gasteiger partial charge in [0.2, 0.25) is 0 Å². The summed E-state index contributed by atoms with van der Waals surface area (Å²) >= 11 is 0. The van der Waals surface area contributed by atoms with Gasteiger partial charge in [0.25, 0.3) is 0 Å². The standard InChI is InChI=1S/C23H25N/c1-3-4-17-22(24-23(2)19-12-5-6-13-20-23)18-11-10-16-21-14-8-7-9-15-21/h5-9,11-15,17-20,24H,10,16H2,1-2H3/b18-11-,22-17+. The summed E-state index contributed by atoms with van der Waals surface area (Å²) in [6.45, 7) is 4.00. The molecule has 24 heavy (non-hydrogen) atoms. The Kier molecular flexibility index (Phi) is 6.92. The Morgan fingerprint density at radius 2 is 1.79 bits per heavy atom. The van der Waals surface area contributed by atoms with Crippen LogP contribution in [0.3, 0.4) is 0 Å². The van der Waals surface area contributed by atoms with Crippen LogP contribution in [0.4, 0.5) is 0 Å². The van der Waals surface area contributed by atoms with Crippen LogP contribution in [0.2, 0.25) is 0 Å². The van der Waals surface area contributed by atoms with E-state index >= 15 is 0 Å². The Balaban J connectivity index is 2.00. The van der Waals surface area contributed by atoms with Gasteiger partial charge in [0.15, 0.2) is 0 Å². The Bertz CT molecular complexity index is 702. The Labute approximate surface area is 146 Å². The zero-order chi connectivity index (χ0) is 17.1. The fourth-order valence-corrected chi connectivity index (χ4v) is 2.47.